The Morgan fingerprint density at radius 3 is 2.79 bits per heavy atom. The minimum Gasteiger partial charge on any atom is -0.462 e. The van der Waals surface area contributed by atoms with Gasteiger partial charge in [-0.05, 0) is 38.3 Å². The zero-order chi connectivity index (χ0) is 20.2. The quantitative estimate of drug-likeness (QED) is 0.394. The summed E-state index contributed by atoms with van der Waals surface area (Å²) in [5.41, 5.74) is 2.97. The molecular formula is C22H25N3O3S. The third kappa shape index (κ3) is 4.29. The summed E-state index contributed by atoms with van der Waals surface area (Å²) in [4.78, 5) is 17.4. The van der Waals surface area contributed by atoms with E-state index < -0.39 is 0 Å². The lowest BCUT2D eigenvalue weighted by atomic mass is 9.89. The van der Waals surface area contributed by atoms with Crippen LogP contribution in [0, 0.1) is 6.92 Å². The van der Waals surface area contributed by atoms with Crippen LogP contribution in [-0.2, 0) is 10.5 Å². The highest BCUT2D eigenvalue weighted by atomic mass is 32.2. The lowest BCUT2D eigenvalue weighted by molar-refractivity contribution is 0.0524. The summed E-state index contributed by atoms with van der Waals surface area (Å²) < 4.78 is 11.2. The van der Waals surface area contributed by atoms with E-state index in [0.29, 0.717) is 34.8 Å². The monoisotopic (exact) mass is 411 g/mol. The number of fused-ring (bicyclic) bond motifs is 1. The second kappa shape index (κ2) is 8.95. The molecule has 3 aromatic rings. The molecule has 0 unspecified atom stereocenters. The van der Waals surface area contributed by atoms with Crippen molar-refractivity contribution in [2.45, 2.75) is 62.8 Å². The Kier molecular flexibility index (Phi) is 6.13. The molecule has 29 heavy (non-hydrogen) atoms. The van der Waals surface area contributed by atoms with Crippen molar-refractivity contribution in [3.05, 3.63) is 47.0 Å². The molecule has 0 N–H and O–H groups in total. The number of hydrogen-bond donors (Lipinski definition) is 0. The fourth-order valence-electron chi connectivity index (χ4n) is 3.94. The van der Waals surface area contributed by atoms with E-state index in [1.807, 2.05) is 31.2 Å². The number of rotatable bonds is 6. The molecule has 2 heterocycles. The SMILES string of the molecule is CCOC(=O)c1c(CSc2nnc(C3CCCCC3)o2)nc2ccccc2c1C. The average Bonchev–Trinajstić information content (AvgIpc) is 3.22. The summed E-state index contributed by atoms with van der Waals surface area (Å²) in [7, 11) is 0. The number of esters is 1. The number of aryl methyl sites for hydroxylation is 1. The third-order valence-corrected chi connectivity index (χ3v) is 6.25. The first-order valence-electron chi connectivity index (χ1n) is 10.2. The van der Waals surface area contributed by atoms with Crippen molar-refractivity contribution < 1.29 is 13.9 Å². The molecule has 0 aliphatic heterocycles. The number of carbonyl (C=O) groups excluding carboxylic acids is 1. The second-order valence-corrected chi connectivity index (χ2v) is 8.25. The van der Waals surface area contributed by atoms with E-state index in [-0.39, 0.29) is 5.97 Å². The Hall–Kier alpha value is -2.41. The molecule has 1 aliphatic carbocycles. The van der Waals surface area contributed by atoms with Crippen molar-refractivity contribution >= 4 is 28.6 Å². The van der Waals surface area contributed by atoms with E-state index in [2.05, 4.69) is 10.2 Å². The maximum atomic E-state index is 12.6. The summed E-state index contributed by atoms with van der Waals surface area (Å²) in [6.45, 7) is 4.08. The van der Waals surface area contributed by atoms with Crippen molar-refractivity contribution in [1.29, 1.82) is 0 Å². The van der Waals surface area contributed by atoms with Crippen molar-refractivity contribution in [3.8, 4) is 0 Å². The van der Waals surface area contributed by atoms with Crippen LogP contribution in [-0.4, -0.2) is 27.8 Å². The van der Waals surface area contributed by atoms with Gasteiger partial charge in [0.15, 0.2) is 0 Å². The molecule has 0 saturated heterocycles. The summed E-state index contributed by atoms with van der Waals surface area (Å²) in [5.74, 6) is 1.24. The molecule has 7 heteroatoms. The van der Waals surface area contributed by atoms with Crippen LogP contribution >= 0.6 is 11.8 Å². The van der Waals surface area contributed by atoms with Crippen LogP contribution in [0.3, 0.4) is 0 Å². The van der Waals surface area contributed by atoms with Gasteiger partial charge in [-0.15, -0.1) is 10.2 Å². The minimum atomic E-state index is -0.340. The van der Waals surface area contributed by atoms with E-state index in [1.165, 1.54) is 31.0 Å². The van der Waals surface area contributed by atoms with E-state index >= 15 is 0 Å². The lowest BCUT2D eigenvalue weighted by Gasteiger charge is -2.17. The van der Waals surface area contributed by atoms with E-state index in [0.717, 1.165) is 35.2 Å². The van der Waals surface area contributed by atoms with E-state index in [1.54, 1.807) is 6.92 Å². The molecule has 1 aliphatic rings. The fourth-order valence-corrected chi connectivity index (χ4v) is 4.65. The molecule has 1 fully saturated rings. The van der Waals surface area contributed by atoms with E-state index in [4.69, 9.17) is 14.1 Å². The first-order chi connectivity index (χ1) is 14.2. The largest absolute Gasteiger partial charge is 0.462 e. The topological polar surface area (TPSA) is 78.1 Å². The van der Waals surface area contributed by atoms with Gasteiger partial charge >= 0.3 is 5.97 Å². The van der Waals surface area contributed by atoms with Gasteiger partial charge in [0.2, 0.25) is 5.89 Å². The van der Waals surface area contributed by atoms with Gasteiger partial charge in [0, 0.05) is 17.1 Å². The van der Waals surface area contributed by atoms with Gasteiger partial charge < -0.3 is 9.15 Å². The summed E-state index contributed by atoms with van der Waals surface area (Å²) in [6, 6.07) is 7.83. The first-order valence-corrected chi connectivity index (χ1v) is 11.2. The van der Waals surface area contributed by atoms with Crippen LogP contribution in [0.5, 0.6) is 0 Å². The zero-order valence-electron chi connectivity index (χ0n) is 16.8. The van der Waals surface area contributed by atoms with Gasteiger partial charge in [0.05, 0.1) is 23.4 Å². The van der Waals surface area contributed by atoms with Crippen LogP contribution in [0.1, 0.15) is 72.5 Å². The standard InChI is InChI=1S/C22H25N3O3S/c1-3-27-21(26)19-14(2)16-11-7-8-12-17(16)23-18(19)13-29-22-25-24-20(28-22)15-9-5-4-6-10-15/h7-8,11-12,15H,3-6,9-10,13H2,1-2H3. The highest BCUT2D eigenvalue weighted by Gasteiger charge is 2.23. The molecular weight excluding hydrogens is 386 g/mol. The predicted octanol–water partition coefficient (Wildman–Crippen LogP) is 5.44. The van der Waals surface area contributed by atoms with Gasteiger partial charge in [-0.25, -0.2) is 4.79 Å². The van der Waals surface area contributed by atoms with Gasteiger partial charge in [0.1, 0.15) is 0 Å². The first kappa shape index (κ1) is 19.9. The Labute approximate surface area is 174 Å². The number of ether oxygens (including phenoxy) is 1. The summed E-state index contributed by atoms with van der Waals surface area (Å²) in [6.07, 6.45) is 5.96. The molecule has 6 nitrogen and oxygen atoms in total. The van der Waals surface area contributed by atoms with Crippen molar-refractivity contribution in [2.75, 3.05) is 6.61 Å². The second-order valence-electron chi connectivity index (χ2n) is 7.33. The molecule has 152 valence electrons. The summed E-state index contributed by atoms with van der Waals surface area (Å²) in [5, 5.41) is 9.94. The zero-order valence-corrected chi connectivity index (χ0v) is 17.6. The minimum absolute atomic E-state index is 0.325. The molecule has 0 atom stereocenters. The number of para-hydroxylation sites is 1. The Morgan fingerprint density at radius 1 is 1.21 bits per heavy atom. The molecule has 0 amide bonds. The summed E-state index contributed by atoms with van der Waals surface area (Å²) >= 11 is 1.41. The molecule has 2 aromatic heterocycles. The van der Waals surface area contributed by atoms with Crippen molar-refractivity contribution in [1.82, 2.24) is 15.2 Å². The molecule has 0 bridgehead atoms. The normalized spacial score (nSPS) is 15.0. The highest BCUT2D eigenvalue weighted by Crippen LogP contribution is 2.34. The smallest absolute Gasteiger partial charge is 0.340 e. The maximum Gasteiger partial charge on any atom is 0.340 e. The van der Waals surface area contributed by atoms with Crippen LogP contribution in [0.25, 0.3) is 10.9 Å². The number of carbonyl (C=O) groups is 1. The molecule has 1 saturated carbocycles. The number of thioether (sulfide) groups is 1. The predicted molar refractivity (Wildman–Crippen MR) is 112 cm³/mol. The van der Waals surface area contributed by atoms with Gasteiger partial charge in [-0.1, -0.05) is 49.2 Å². The van der Waals surface area contributed by atoms with Crippen molar-refractivity contribution in [3.63, 3.8) is 0 Å². The van der Waals surface area contributed by atoms with Crippen LogP contribution in [0.2, 0.25) is 0 Å². The van der Waals surface area contributed by atoms with E-state index in [9.17, 15) is 4.79 Å². The Balaban J connectivity index is 1.59. The molecule has 0 spiro atoms. The van der Waals surface area contributed by atoms with Gasteiger partial charge in [-0.2, -0.15) is 0 Å². The lowest BCUT2D eigenvalue weighted by Crippen LogP contribution is -2.12. The fraction of sp³-hybridized carbons (Fsp3) is 0.455. The number of pyridine rings is 1. The van der Waals surface area contributed by atoms with Gasteiger partial charge in [-0.3, -0.25) is 4.98 Å². The number of aromatic nitrogens is 3. The van der Waals surface area contributed by atoms with Crippen LogP contribution in [0.15, 0.2) is 33.9 Å². The maximum absolute atomic E-state index is 12.6. The van der Waals surface area contributed by atoms with Crippen molar-refractivity contribution in [2.24, 2.45) is 0 Å². The molecule has 4 rings (SSSR count). The number of benzene rings is 1. The Morgan fingerprint density at radius 2 is 2.00 bits per heavy atom. The highest BCUT2D eigenvalue weighted by molar-refractivity contribution is 7.98. The van der Waals surface area contributed by atoms with Gasteiger partial charge in [0.25, 0.3) is 5.22 Å². The molecule has 1 aromatic carbocycles. The average molecular weight is 412 g/mol. The van der Waals surface area contributed by atoms with Crippen LogP contribution < -0.4 is 0 Å². The molecule has 0 radical (unpaired) electrons. The third-order valence-electron chi connectivity index (χ3n) is 5.42. The Bertz CT molecular complexity index is 1010. The number of nitrogens with zero attached hydrogens (tertiary/aromatic N) is 3. The van der Waals surface area contributed by atoms with Crippen LogP contribution in [0.4, 0.5) is 0 Å². The number of hydrogen-bond acceptors (Lipinski definition) is 7.